The molecule has 0 spiro atoms. The Morgan fingerprint density at radius 3 is 2.88 bits per heavy atom. The summed E-state index contributed by atoms with van der Waals surface area (Å²) in [5.74, 6) is -0.136. The fourth-order valence-electron chi connectivity index (χ4n) is 3.40. The molecule has 0 fully saturated rings. The van der Waals surface area contributed by atoms with Crippen molar-refractivity contribution in [3.8, 4) is 0 Å². The molecule has 0 atom stereocenters. The highest BCUT2D eigenvalue weighted by Crippen LogP contribution is 2.32. The van der Waals surface area contributed by atoms with Crippen molar-refractivity contribution in [2.45, 2.75) is 39.0 Å². The van der Waals surface area contributed by atoms with Crippen LogP contribution in [0, 0.1) is 0 Å². The maximum Gasteiger partial charge on any atom is 0.340 e. The lowest BCUT2D eigenvalue weighted by atomic mass is 9.97. The standard InChI is InChI=1S/C20H23NO4/c1-14-18(20(23)24-2)17(13-16-9-6-12-25-16)19(22)21(14)11-10-15-7-4-3-5-8-15/h6-7,9,12-13H,3-5,8,10-11H2,1-2H3/b17-13-. The summed E-state index contributed by atoms with van der Waals surface area (Å²) in [6.07, 6.45) is 10.9. The molecule has 0 aromatic carbocycles. The van der Waals surface area contributed by atoms with Crippen LogP contribution >= 0.6 is 0 Å². The third-order valence-electron chi connectivity index (χ3n) is 4.77. The fraction of sp³-hybridized carbons (Fsp3) is 0.400. The molecule has 132 valence electrons. The van der Waals surface area contributed by atoms with E-state index in [1.165, 1.54) is 31.8 Å². The summed E-state index contributed by atoms with van der Waals surface area (Å²) in [5.41, 5.74) is 2.69. The van der Waals surface area contributed by atoms with Gasteiger partial charge in [0.2, 0.25) is 0 Å². The number of carbonyl (C=O) groups is 2. The number of furan rings is 1. The van der Waals surface area contributed by atoms with E-state index in [4.69, 9.17) is 9.15 Å². The molecule has 1 aliphatic carbocycles. The molecule has 2 aliphatic rings. The quantitative estimate of drug-likeness (QED) is 0.464. The first-order valence-electron chi connectivity index (χ1n) is 8.66. The summed E-state index contributed by atoms with van der Waals surface area (Å²) in [4.78, 5) is 26.8. The van der Waals surface area contributed by atoms with Crippen LogP contribution in [0.3, 0.4) is 0 Å². The average Bonchev–Trinajstić information content (AvgIpc) is 3.22. The van der Waals surface area contributed by atoms with Gasteiger partial charge in [-0.25, -0.2) is 4.79 Å². The minimum atomic E-state index is -0.497. The second-order valence-corrected chi connectivity index (χ2v) is 6.34. The number of methoxy groups -OCH3 is 1. The summed E-state index contributed by atoms with van der Waals surface area (Å²) in [6.45, 7) is 2.37. The van der Waals surface area contributed by atoms with E-state index in [2.05, 4.69) is 6.08 Å². The molecular weight excluding hydrogens is 318 g/mol. The number of hydrogen-bond acceptors (Lipinski definition) is 4. The average molecular weight is 341 g/mol. The van der Waals surface area contributed by atoms with Crippen molar-refractivity contribution in [3.05, 3.63) is 52.6 Å². The van der Waals surface area contributed by atoms with Crippen LogP contribution in [0.25, 0.3) is 6.08 Å². The number of rotatable bonds is 5. The number of amides is 1. The Bertz CT molecular complexity index is 753. The van der Waals surface area contributed by atoms with E-state index in [0.29, 0.717) is 29.1 Å². The van der Waals surface area contributed by atoms with Crippen LogP contribution in [0.2, 0.25) is 0 Å². The lowest BCUT2D eigenvalue weighted by Crippen LogP contribution is -2.26. The van der Waals surface area contributed by atoms with Crippen molar-refractivity contribution in [2.24, 2.45) is 0 Å². The minimum Gasteiger partial charge on any atom is -0.465 e. The number of carbonyl (C=O) groups excluding carboxylic acids is 2. The topological polar surface area (TPSA) is 59.8 Å². The molecule has 0 saturated carbocycles. The van der Waals surface area contributed by atoms with Gasteiger partial charge in [0.15, 0.2) is 0 Å². The van der Waals surface area contributed by atoms with Gasteiger partial charge in [0, 0.05) is 12.2 Å². The molecule has 2 heterocycles. The van der Waals surface area contributed by atoms with Gasteiger partial charge in [0.05, 0.1) is 24.5 Å². The predicted octanol–water partition coefficient (Wildman–Crippen LogP) is 3.84. The molecule has 3 rings (SSSR count). The van der Waals surface area contributed by atoms with Gasteiger partial charge >= 0.3 is 5.97 Å². The molecule has 1 aromatic heterocycles. The number of allylic oxidation sites excluding steroid dienone is 2. The monoisotopic (exact) mass is 341 g/mol. The lowest BCUT2D eigenvalue weighted by Gasteiger charge is -2.20. The van der Waals surface area contributed by atoms with Crippen molar-refractivity contribution >= 4 is 18.0 Å². The molecule has 0 saturated heterocycles. The lowest BCUT2D eigenvalue weighted by molar-refractivity contribution is -0.136. The maximum atomic E-state index is 12.9. The predicted molar refractivity (Wildman–Crippen MR) is 94.3 cm³/mol. The van der Waals surface area contributed by atoms with Crippen LogP contribution in [0.15, 0.2) is 51.3 Å². The summed E-state index contributed by atoms with van der Waals surface area (Å²) in [6, 6.07) is 3.49. The Labute approximate surface area is 147 Å². The smallest absolute Gasteiger partial charge is 0.340 e. The van der Waals surface area contributed by atoms with E-state index >= 15 is 0 Å². The van der Waals surface area contributed by atoms with Crippen LogP contribution in [-0.2, 0) is 14.3 Å². The van der Waals surface area contributed by atoms with Gasteiger partial charge in [0.25, 0.3) is 5.91 Å². The molecule has 1 aliphatic heterocycles. The van der Waals surface area contributed by atoms with Crippen molar-refractivity contribution in [1.29, 1.82) is 0 Å². The van der Waals surface area contributed by atoms with Crippen molar-refractivity contribution in [3.63, 3.8) is 0 Å². The van der Waals surface area contributed by atoms with Crippen molar-refractivity contribution in [2.75, 3.05) is 13.7 Å². The Morgan fingerprint density at radius 2 is 2.24 bits per heavy atom. The summed E-state index contributed by atoms with van der Waals surface area (Å²) < 4.78 is 10.2. The molecule has 0 unspecified atom stereocenters. The number of ether oxygens (including phenoxy) is 1. The molecule has 0 bridgehead atoms. The van der Waals surface area contributed by atoms with E-state index in [0.717, 1.165) is 19.3 Å². The first-order valence-corrected chi connectivity index (χ1v) is 8.66. The molecule has 0 N–H and O–H groups in total. The number of esters is 1. The molecule has 5 heteroatoms. The summed E-state index contributed by atoms with van der Waals surface area (Å²) in [7, 11) is 1.33. The third kappa shape index (κ3) is 3.60. The van der Waals surface area contributed by atoms with E-state index in [-0.39, 0.29) is 5.91 Å². The van der Waals surface area contributed by atoms with Crippen molar-refractivity contribution in [1.82, 2.24) is 4.90 Å². The molecule has 25 heavy (non-hydrogen) atoms. The number of nitrogens with zero attached hydrogens (tertiary/aromatic N) is 1. The second-order valence-electron chi connectivity index (χ2n) is 6.34. The Hall–Kier alpha value is -2.56. The molecule has 1 amide bonds. The van der Waals surface area contributed by atoms with Crippen LogP contribution in [0.5, 0.6) is 0 Å². The first-order chi connectivity index (χ1) is 12.1. The fourth-order valence-corrected chi connectivity index (χ4v) is 3.40. The molecule has 0 radical (unpaired) electrons. The second kappa shape index (κ2) is 7.55. The normalized spacial score (nSPS) is 19.6. The van der Waals surface area contributed by atoms with Gasteiger partial charge in [-0.3, -0.25) is 4.79 Å². The SMILES string of the molecule is COC(=O)C1=C(C)N(CCC2=CCCCC2)C(=O)/C1=C\c1ccco1. The van der Waals surface area contributed by atoms with Crippen LogP contribution in [-0.4, -0.2) is 30.4 Å². The molecule has 5 nitrogen and oxygen atoms in total. The van der Waals surface area contributed by atoms with Gasteiger partial charge in [-0.05, 0) is 57.2 Å². The molecule has 1 aromatic rings. The molecular formula is C20H23NO4. The highest BCUT2D eigenvalue weighted by molar-refractivity contribution is 6.16. The minimum absolute atomic E-state index is 0.175. The third-order valence-corrected chi connectivity index (χ3v) is 4.77. The van der Waals surface area contributed by atoms with Gasteiger partial charge in [-0.1, -0.05) is 11.6 Å². The zero-order chi connectivity index (χ0) is 17.8. The van der Waals surface area contributed by atoms with E-state index in [1.54, 1.807) is 30.0 Å². The summed E-state index contributed by atoms with van der Waals surface area (Å²) >= 11 is 0. The van der Waals surface area contributed by atoms with Crippen LogP contribution < -0.4 is 0 Å². The zero-order valence-corrected chi connectivity index (χ0v) is 14.7. The first kappa shape index (κ1) is 17.3. The van der Waals surface area contributed by atoms with Gasteiger partial charge in [-0.15, -0.1) is 0 Å². The van der Waals surface area contributed by atoms with Crippen molar-refractivity contribution < 1.29 is 18.7 Å². The highest BCUT2D eigenvalue weighted by atomic mass is 16.5. The maximum absolute atomic E-state index is 12.9. The van der Waals surface area contributed by atoms with Crippen LogP contribution in [0.4, 0.5) is 0 Å². The van der Waals surface area contributed by atoms with Gasteiger partial charge < -0.3 is 14.1 Å². The zero-order valence-electron chi connectivity index (χ0n) is 14.7. The summed E-state index contributed by atoms with van der Waals surface area (Å²) in [5, 5.41) is 0. The van der Waals surface area contributed by atoms with E-state index in [9.17, 15) is 9.59 Å². The van der Waals surface area contributed by atoms with E-state index < -0.39 is 5.97 Å². The number of hydrogen-bond donors (Lipinski definition) is 0. The highest BCUT2D eigenvalue weighted by Gasteiger charge is 2.37. The van der Waals surface area contributed by atoms with Gasteiger partial charge in [0.1, 0.15) is 5.76 Å². The largest absolute Gasteiger partial charge is 0.465 e. The van der Waals surface area contributed by atoms with Crippen LogP contribution in [0.1, 0.15) is 44.8 Å². The Morgan fingerprint density at radius 1 is 1.40 bits per heavy atom. The van der Waals surface area contributed by atoms with E-state index in [1.807, 2.05) is 0 Å². The van der Waals surface area contributed by atoms with Gasteiger partial charge in [-0.2, -0.15) is 0 Å². The Balaban J connectivity index is 1.86. The Kier molecular flexibility index (Phi) is 5.22.